The highest BCUT2D eigenvalue weighted by Gasteiger charge is 1.98. The maximum Gasteiger partial charge on any atom is 0.290 e. The molecule has 0 spiro atoms. The van der Waals surface area contributed by atoms with Crippen molar-refractivity contribution in [3.8, 4) is 11.5 Å². The molecule has 0 saturated carbocycles. The fourth-order valence-electron chi connectivity index (χ4n) is 1.47. The Morgan fingerprint density at radius 3 is 2.50 bits per heavy atom. The fourth-order valence-corrected chi connectivity index (χ4v) is 1.47. The Hall–Kier alpha value is -2.23. The van der Waals surface area contributed by atoms with Crippen molar-refractivity contribution in [1.82, 2.24) is 4.98 Å². The summed E-state index contributed by atoms with van der Waals surface area (Å²) in [6.45, 7) is 1.02. The molecule has 1 N–H and O–H groups in total. The Balaban J connectivity index is 1.68. The number of para-hydroxylation sites is 1. The van der Waals surface area contributed by atoms with Gasteiger partial charge in [0.05, 0.1) is 13.2 Å². The molecule has 4 heteroatoms. The van der Waals surface area contributed by atoms with Crippen molar-refractivity contribution in [1.29, 1.82) is 0 Å². The molecule has 0 amide bonds. The van der Waals surface area contributed by atoms with E-state index in [4.69, 9.17) is 9.47 Å². The molecular formula is C14H15NO3. The van der Waals surface area contributed by atoms with Gasteiger partial charge < -0.3 is 14.5 Å². The van der Waals surface area contributed by atoms with E-state index in [1.165, 1.54) is 0 Å². The van der Waals surface area contributed by atoms with Gasteiger partial charge in [-0.3, -0.25) is 4.79 Å². The van der Waals surface area contributed by atoms with E-state index >= 15 is 0 Å². The van der Waals surface area contributed by atoms with E-state index in [1.54, 1.807) is 18.3 Å². The molecule has 0 atom stereocenters. The minimum absolute atomic E-state index is 0.207. The zero-order valence-electron chi connectivity index (χ0n) is 9.96. The third kappa shape index (κ3) is 3.66. The minimum atomic E-state index is -0.207. The van der Waals surface area contributed by atoms with Crippen LogP contribution in [0.4, 0.5) is 0 Å². The molecule has 2 rings (SSSR count). The monoisotopic (exact) mass is 245 g/mol. The van der Waals surface area contributed by atoms with Crippen molar-refractivity contribution in [2.75, 3.05) is 13.2 Å². The lowest BCUT2D eigenvalue weighted by molar-refractivity contribution is 0.245. The summed E-state index contributed by atoms with van der Waals surface area (Å²) in [6.07, 6.45) is 2.30. The van der Waals surface area contributed by atoms with Gasteiger partial charge in [0.25, 0.3) is 5.56 Å². The van der Waals surface area contributed by atoms with Crippen molar-refractivity contribution in [3.05, 3.63) is 59.0 Å². The average Bonchev–Trinajstić information content (AvgIpc) is 2.42. The van der Waals surface area contributed by atoms with Crippen molar-refractivity contribution in [3.63, 3.8) is 0 Å². The highest BCUT2D eigenvalue weighted by molar-refractivity contribution is 5.20. The van der Waals surface area contributed by atoms with Crippen molar-refractivity contribution in [2.24, 2.45) is 0 Å². The van der Waals surface area contributed by atoms with Crippen molar-refractivity contribution >= 4 is 0 Å². The lowest BCUT2D eigenvalue weighted by atomic mass is 10.3. The molecule has 0 saturated heterocycles. The van der Waals surface area contributed by atoms with Gasteiger partial charge >= 0.3 is 0 Å². The number of H-pyrrole nitrogens is 1. The summed E-state index contributed by atoms with van der Waals surface area (Å²) in [5, 5.41) is 0. The summed E-state index contributed by atoms with van der Waals surface area (Å²) in [6, 6.07) is 13.0. The third-order valence-corrected chi connectivity index (χ3v) is 2.34. The van der Waals surface area contributed by atoms with Crippen LogP contribution in [0.1, 0.15) is 6.42 Å². The third-order valence-electron chi connectivity index (χ3n) is 2.34. The fraction of sp³-hybridized carbons (Fsp3) is 0.214. The van der Waals surface area contributed by atoms with Gasteiger partial charge in [-0.2, -0.15) is 0 Å². The molecule has 4 nitrogen and oxygen atoms in total. The molecule has 0 aliphatic rings. The summed E-state index contributed by atoms with van der Waals surface area (Å²) in [5.41, 5.74) is -0.207. The van der Waals surface area contributed by atoms with E-state index in [1.807, 2.05) is 30.3 Å². The molecule has 0 aliphatic heterocycles. The normalized spacial score (nSPS) is 10.0. The summed E-state index contributed by atoms with van der Waals surface area (Å²) >= 11 is 0. The number of ether oxygens (including phenoxy) is 2. The second-order valence-corrected chi connectivity index (χ2v) is 3.73. The van der Waals surface area contributed by atoms with Crippen molar-refractivity contribution < 1.29 is 9.47 Å². The van der Waals surface area contributed by atoms with Crippen LogP contribution >= 0.6 is 0 Å². The summed E-state index contributed by atoms with van der Waals surface area (Å²) < 4.78 is 10.9. The zero-order valence-corrected chi connectivity index (χ0v) is 9.96. The van der Waals surface area contributed by atoms with Gasteiger partial charge in [0.2, 0.25) is 0 Å². The van der Waals surface area contributed by atoms with E-state index in [0.29, 0.717) is 19.0 Å². The predicted octanol–water partition coefficient (Wildman–Crippen LogP) is 2.22. The second-order valence-electron chi connectivity index (χ2n) is 3.73. The number of aromatic nitrogens is 1. The summed E-state index contributed by atoms with van der Waals surface area (Å²) in [5.74, 6) is 1.19. The van der Waals surface area contributed by atoms with Crippen LogP contribution in [0.3, 0.4) is 0 Å². The second kappa shape index (κ2) is 6.49. The quantitative estimate of drug-likeness (QED) is 0.794. The summed E-state index contributed by atoms with van der Waals surface area (Å²) in [7, 11) is 0. The van der Waals surface area contributed by atoms with Gasteiger partial charge in [-0.1, -0.05) is 18.2 Å². The standard InChI is InChI=1S/C14H15NO3/c16-14-13(8-4-9-15-14)18-11-5-10-17-12-6-2-1-3-7-12/h1-4,6-9H,5,10-11H2,(H,15,16). The average molecular weight is 245 g/mol. The summed E-state index contributed by atoms with van der Waals surface area (Å²) in [4.78, 5) is 13.8. The Bertz CT molecular complexity index is 522. The number of hydrogen-bond acceptors (Lipinski definition) is 3. The van der Waals surface area contributed by atoms with Gasteiger partial charge in [0.1, 0.15) is 5.75 Å². The molecule has 0 unspecified atom stereocenters. The molecule has 0 fully saturated rings. The first-order valence-corrected chi connectivity index (χ1v) is 5.84. The highest BCUT2D eigenvalue weighted by Crippen LogP contribution is 2.08. The highest BCUT2D eigenvalue weighted by atomic mass is 16.5. The van der Waals surface area contributed by atoms with Crippen LogP contribution < -0.4 is 15.0 Å². The Labute approximate surface area is 105 Å². The van der Waals surface area contributed by atoms with Crippen LogP contribution in [0.15, 0.2) is 53.5 Å². The smallest absolute Gasteiger partial charge is 0.290 e. The topological polar surface area (TPSA) is 51.3 Å². The largest absolute Gasteiger partial charge is 0.493 e. The van der Waals surface area contributed by atoms with Crippen molar-refractivity contribution in [2.45, 2.75) is 6.42 Å². The SMILES string of the molecule is O=c1[nH]cccc1OCCCOc1ccccc1. The number of rotatable bonds is 6. The lowest BCUT2D eigenvalue weighted by Crippen LogP contribution is -2.12. The molecule has 94 valence electrons. The van der Waals surface area contributed by atoms with Gasteiger partial charge in [0, 0.05) is 12.6 Å². The Kier molecular flexibility index (Phi) is 4.41. The van der Waals surface area contributed by atoms with Crippen LogP contribution in [0.5, 0.6) is 11.5 Å². The Morgan fingerprint density at radius 1 is 0.944 bits per heavy atom. The molecule has 1 aromatic carbocycles. The molecule has 1 aromatic heterocycles. The number of nitrogens with one attached hydrogen (secondary N) is 1. The van der Waals surface area contributed by atoms with Gasteiger partial charge in [-0.25, -0.2) is 0 Å². The predicted molar refractivity (Wildman–Crippen MR) is 69.1 cm³/mol. The number of benzene rings is 1. The van der Waals surface area contributed by atoms with Crippen LogP contribution in [-0.2, 0) is 0 Å². The van der Waals surface area contributed by atoms with Crippen LogP contribution in [0.25, 0.3) is 0 Å². The molecule has 18 heavy (non-hydrogen) atoms. The maximum atomic E-state index is 11.3. The minimum Gasteiger partial charge on any atom is -0.493 e. The van der Waals surface area contributed by atoms with E-state index in [2.05, 4.69) is 4.98 Å². The first kappa shape index (κ1) is 12.2. The molecule has 0 radical (unpaired) electrons. The van der Waals surface area contributed by atoms with E-state index in [0.717, 1.165) is 12.2 Å². The first-order valence-electron chi connectivity index (χ1n) is 5.84. The van der Waals surface area contributed by atoms with E-state index in [9.17, 15) is 4.79 Å². The van der Waals surface area contributed by atoms with E-state index in [-0.39, 0.29) is 5.56 Å². The molecule has 0 bridgehead atoms. The molecule has 2 aromatic rings. The van der Waals surface area contributed by atoms with Crippen LogP contribution in [0, 0.1) is 0 Å². The molecule has 0 aliphatic carbocycles. The van der Waals surface area contributed by atoms with Gasteiger partial charge in [-0.05, 0) is 24.3 Å². The van der Waals surface area contributed by atoms with Gasteiger partial charge in [0.15, 0.2) is 5.75 Å². The van der Waals surface area contributed by atoms with Crippen LogP contribution in [-0.4, -0.2) is 18.2 Å². The number of pyridine rings is 1. The molecule has 1 heterocycles. The zero-order chi connectivity index (χ0) is 12.6. The van der Waals surface area contributed by atoms with Crippen LogP contribution in [0.2, 0.25) is 0 Å². The maximum absolute atomic E-state index is 11.3. The first-order chi connectivity index (χ1) is 8.86. The Morgan fingerprint density at radius 2 is 1.72 bits per heavy atom. The number of hydrogen-bond donors (Lipinski definition) is 1. The number of aromatic amines is 1. The lowest BCUT2D eigenvalue weighted by Gasteiger charge is -2.07. The van der Waals surface area contributed by atoms with Gasteiger partial charge in [-0.15, -0.1) is 0 Å². The van der Waals surface area contributed by atoms with E-state index < -0.39 is 0 Å². The molecular weight excluding hydrogens is 230 g/mol.